The Bertz CT molecular complexity index is 754. The lowest BCUT2D eigenvalue weighted by Crippen LogP contribution is -2.40. The summed E-state index contributed by atoms with van der Waals surface area (Å²) in [5.41, 5.74) is 1.95. The molecule has 1 aromatic carbocycles. The van der Waals surface area contributed by atoms with E-state index in [9.17, 15) is 14.7 Å². The van der Waals surface area contributed by atoms with E-state index in [0.29, 0.717) is 19.4 Å². The van der Waals surface area contributed by atoms with Crippen LogP contribution in [0.4, 0.5) is 0 Å². The molecule has 1 N–H and O–H groups in total. The zero-order valence-corrected chi connectivity index (χ0v) is 14.2. The molecule has 120 valence electrons. The molecule has 3 rings (SSSR count). The number of carbonyl (C=O) groups excluding carboxylic acids is 1. The topological polar surface area (TPSA) is 75.4 Å². The molecule has 0 radical (unpaired) electrons. The second-order valence-corrected chi connectivity index (χ2v) is 6.47. The fourth-order valence-corrected chi connectivity index (χ4v) is 3.10. The smallest absolute Gasteiger partial charge is 0.326 e. The van der Waals surface area contributed by atoms with Gasteiger partial charge in [-0.25, -0.2) is 9.48 Å². The molecule has 0 bridgehead atoms. The standard InChI is InChI=1S/C16H16BrN3O3/c1-10-9-13(15(21)19-8-2-3-14(19)16(22)23)18-20(10)12-6-4-11(17)5-7-12/h4-7,9,14H,2-3,8H2,1H3,(H,22,23)/t14-/m1/s1. The fraction of sp³-hybridized carbons (Fsp3) is 0.312. The van der Waals surface area contributed by atoms with Gasteiger partial charge in [0.25, 0.3) is 5.91 Å². The minimum absolute atomic E-state index is 0.276. The van der Waals surface area contributed by atoms with Crippen LogP contribution in [0.15, 0.2) is 34.8 Å². The zero-order valence-electron chi connectivity index (χ0n) is 12.6. The lowest BCUT2D eigenvalue weighted by atomic mass is 10.2. The molecule has 0 aliphatic carbocycles. The number of aliphatic carboxylic acids is 1. The molecule has 1 aliphatic heterocycles. The molecule has 0 spiro atoms. The number of halogens is 1. The molecule has 1 aromatic heterocycles. The van der Waals surface area contributed by atoms with Crippen LogP contribution in [0.2, 0.25) is 0 Å². The fourth-order valence-electron chi connectivity index (χ4n) is 2.84. The molecule has 7 heteroatoms. The van der Waals surface area contributed by atoms with Crippen molar-refractivity contribution in [2.45, 2.75) is 25.8 Å². The van der Waals surface area contributed by atoms with E-state index < -0.39 is 12.0 Å². The van der Waals surface area contributed by atoms with Crippen LogP contribution in [-0.2, 0) is 4.79 Å². The Labute approximate surface area is 141 Å². The number of aromatic nitrogens is 2. The van der Waals surface area contributed by atoms with Gasteiger partial charge in [-0.1, -0.05) is 15.9 Å². The van der Waals surface area contributed by atoms with Crippen LogP contribution in [0, 0.1) is 6.92 Å². The maximum Gasteiger partial charge on any atom is 0.326 e. The minimum atomic E-state index is -0.958. The van der Waals surface area contributed by atoms with Gasteiger partial charge in [-0.15, -0.1) is 0 Å². The lowest BCUT2D eigenvalue weighted by molar-refractivity contribution is -0.141. The predicted molar refractivity (Wildman–Crippen MR) is 87.7 cm³/mol. The molecule has 23 heavy (non-hydrogen) atoms. The quantitative estimate of drug-likeness (QED) is 0.891. The van der Waals surface area contributed by atoms with Crippen molar-refractivity contribution in [2.24, 2.45) is 0 Å². The number of likely N-dealkylation sites (tertiary alicyclic amines) is 1. The normalized spacial score (nSPS) is 17.5. The first-order valence-corrected chi connectivity index (χ1v) is 8.13. The molecule has 1 atom stereocenters. The van der Waals surface area contributed by atoms with Crippen molar-refractivity contribution in [3.63, 3.8) is 0 Å². The average Bonchev–Trinajstić information content (AvgIpc) is 3.14. The first kappa shape index (κ1) is 15.7. The van der Waals surface area contributed by atoms with Gasteiger partial charge in [-0.2, -0.15) is 5.10 Å². The van der Waals surface area contributed by atoms with Crippen molar-refractivity contribution in [1.29, 1.82) is 0 Å². The van der Waals surface area contributed by atoms with Crippen LogP contribution >= 0.6 is 15.9 Å². The molecule has 1 aliphatic rings. The Morgan fingerprint density at radius 2 is 2.00 bits per heavy atom. The van der Waals surface area contributed by atoms with Crippen LogP contribution in [-0.4, -0.2) is 44.3 Å². The number of carboxylic acids is 1. The highest BCUT2D eigenvalue weighted by atomic mass is 79.9. The van der Waals surface area contributed by atoms with E-state index in [0.717, 1.165) is 15.9 Å². The summed E-state index contributed by atoms with van der Waals surface area (Å²) in [6.45, 7) is 2.32. The Morgan fingerprint density at radius 3 is 2.65 bits per heavy atom. The van der Waals surface area contributed by atoms with Gasteiger partial charge in [0.15, 0.2) is 5.69 Å². The number of nitrogens with zero attached hydrogens (tertiary/aromatic N) is 3. The highest BCUT2D eigenvalue weighted by Crippen LogP contribution is 2.21. The molecular weight excluding hydrogens is 362 g/mol. The van der Waals surface area contributed by atoms with E-state index in [1.54, 1.807) is 10.7 Å². The van der Waals surface area contributed by atoms with Gasteiger partial charge >= 0.3 is 5.97 Å². The number of carbonyl (C=O) groups is 2. The van der Waals surface area contributed by atoms with Gasteiger partial charge in [-0.3, -0.25) is 4.79 Å². The summed E-state index contributed by atoms with van der Waals surface area (Å²) in [4.78, 5) is 25.2. The Kier molecular flexibility index (Phi) is 4.21. The third-order valence-electron chi connectivity index (χ3n) is 3.98. The SMILES string of the molecule is Cc1cc(C(=O)N2CCC[C@@H]2C(=O)O)nn1-c1ccc(Br)cc1. The van der Waals surface area contributed by atoms with Gasteiger partial charge in [0.05, 0.1) is 5.69 Å². The van der Waals surface area contributed by atoms with Gasteiger partial charge in [-0.05, 0) is 50.1 Å². The van der Waals surface area contributed by atoms with E-state index in [1.807, 2.05) is 31.2 Å². The van der Waals surface area contributed by atoms with Crippen molar-refractivity contribution in [1.82, 2.24) is 14.7 Å². The van der Waals surface area contributed by atoms with E-state index in [2.05, 4.69) is 21.0 Å². The summed E-state index contributed by atoms with van der Waals surface area (Å²) in [6, 6.07) is 8.54. The third kappa shape index (κ3) is 3.01. The van der Waals surface area contributed by atoms with E-state index >= 15 is 0 Å². The number of aryl methyl sites for hydroxylation is 1. The van der Waals surface area contributed by atoms with Crippen molar-refractivity contribution in [3.05, 3.63) is 46.2 Å². The highest BCUT2D eigenvalue weighted by molar-refractivity contribution is 9.10. The summed E-state index contributed by atoms with van der Waals surface area (Å²) in [7, 11) is 0. The van der Waals surface area contributed by atoms with Gasteiger partial charge in [0, 0.05) is 16.7 Å². The van der Waals surface area contributed by atoms with Crippen molar-refractivity contribution < 1.29 is 14.7 Å². The summed E-state index contributed by atoms with van der Waals surface area (Å²) < 4.78 is 2.65. The van der Waals surface area contributed by atoms with Crippen LogP contribution in [0.5, 0.6) is 0 Å². The van der Waals surface area contributed by atoms with Crippen LogP contribution in [0.1, 0.15) is 29.0 Å². The molecule has 0 unspecified atom stereocenters. The Balaban J connectivity index is 1.90. The van der Waals surface area contributed by atoms with E-state index in [-0.39, 0.29) is 11.6 Å². The number of rotatable bonds is 3. The average molecular weight is 378 g/mol. The summed E-state index contributed by atoms with van der Waals surface area (Å²) in [6.07, 6.45) is 1.20. The molecule has 6 nitrogen and oxygen atoms in total. The second kappa shape index (κ2) is 6.16. The van der Waals surface area contributed by atoms with Crippen molar-refractivity contribution >= 4 is 27.8 Å². The first-order chi connectivity index (χ1) is 11.0. The number of carboxylic acid groups (broad SMARTS) is 1. The molecule has 2 heterocycles. The second-order valence-electron chi connectivity index (χ2n) is 5.55. The van der Waals surface area contributed by atoms with Crippen molar-refractivity contribution in [2.75, 3.05) is 6.54 Å². The van der Waals surface area contributed by atoms with Crippen LogP contribution in [0.25, 0.3) is 5.69 Å². The van der Waals surface area contributed by atoms with E-state index in [4.69, 9.17) is 0 Å². The van der Waals surface area contributed by atoms with Crippen LogP contribution in [0.3, 0.4) is 0 Å². The monoisotopic (exact) mass is 377 g/mol. The molecule has 1 saturated heterocycles. The Morgan fingerprint density at radius 1 is 1.30 bits per heavy atom. The maximum absolute atomic E-state index is 12.6. The molecule has 2 aromatic rings. The summed E-state index contributed by atoms with van der Waals surface area (Å²) in [5, 5.41) is 13.6. The molecule has 1 fully saturated rings. The molecular formula is C16H16BrN3O3. The molecule has 1 amide bonds. The van der Waals surface area contributed by atoms with Crippen molar-refractivity contribution in [3.8, 4) is 5.69 Å². The number of hydrogen-bond donors (Lipinski definition) is 1. The minimum Gasteiger partial charge on any atom is -0.480 e. The van der Waals surface area contributed by atoms with Gasteiger partial charge in [0.2, 0.25) is 0 Å². The van der Waals surface area contributed by atoms with E-state index in [1.165, 1.54) is 4.90 Å². The lowest BCUT2D eigenvalue weighted by Gasteiger charge is -2.20. The number of hydrogen-bond acceptors (Lipinski definition) is 3. The zero-order chi connectivity index (χ0) is 16.6. The van der Waals surface area contributed by atoms with Gasteiger partial charge in [0.1, 0.15) is 6.04 Å². The highest BCUT2D eigenvalue weighted by Gasteiger charge is 2.35. The molecule has 0 saturated carbocycles. The number of amides is 1. The summed E-state index contributed by atoms with van der Waals surface area (Å²) >= 11 is 3.38. The largest absolute Gasteiger partial charge is 0.480 e. The predicted octanol–water partition coefficient (Wildman–Crippen LogP) is 2.63. The first-order valence-electron chi connectivity index (χ1n) is 7.34. The Hall–Kier alpha value is -2.15. The third-order valence-corrected chi connectivity index (χ3v) is 4.51. The van der Waals surface area contributed by atoms with Crippen LogP contribution < -0.4 is 0 Å². The number of benzene rings is 1. The maximum atomic E-state index is 12.6. The van der Waals surface area contributed by atoms with Gasteiger partial charge < -0.3 is 10.0 Å². The summed E-state index contributed by atoms with van der Waals surface area (Å²) in [5.74, 6) is -1.28.